The Morgan fingerprint density at radius 1 is 1.32 bits per heavy atom. The van der Waals surface area contributed by atoms with Crippen molar-refractivity contribution in [1.29, 1.82) is 0 Å². The Morgan fingerprint density at radius 3 is 2.68 bits per heavy atom. The number of amides is 2. The fourth-order valence-electron chi connectivity index (χ4n) is 2.52. The van der Waals surface area contributed by atoms with Crippen molar-refractivity contribution in [3.8, 4) is 0 Å². The van der Waals surface area contributed by atoms with Crippen molar-refractivity contribution in [3.63, 3.8) is 0 Å². The summed E-state index contributed by atoms with van der Waals surface area (Å²) < 4.78 is 1.60. The van der Waals surface area contributed by atoms with E-state index in [-0.39, 0.29) is 17.9 Å². The standard InChI is InChI=1S/C16H18N4O2/c1-12(20-11-3-9-17-20)16(22)18-13-5-7-14(8-6-13)19-10-2-4-15(19)21/h3,5-9,11-12H,2,4,10H2,1H3,(H,18,22). The molecule has 1 fully saturated rings. The Hall–Kier alpha value is -2.63. The maximum Gasteiger partial charge on any atom is 0.248 e. The molecule has 0 spiro atoms. The fourth-order valence-corrected chi connectivity index (χ4v) is 2.52. The first-order valence-corrected chi connectivity index (χ1v) is 7.35. The molecule has 1 saturated heterocycles. The van der Waals surface area contributed by atoms with E-state index < -0.39 is 0 Å². The largest absolute Gasteiger partial charge is 0.324 e. The van der Waals surface area contributed by atoms with Crippen LogP contribution in [0.2, 0.25) is 0 Å². The van der Waals surface area contributed by atoms with Crippen LogP contribution in [0, 0.1) is 0 Å². The van der Waals surface area contributed by atoms with Crippen LogP contribution in [0.4, 0.5) is 11.4 Å². The zero-order valence-electron chi connectivity index (χ0n) is 12.4. The van der Waals surface area contributed by atoms with E-state index >= 15 is 0 Å². The summed E-state index contributed by atoms with van der Waals surface area (Å²) in [5, 5.41) is 6.92. The Labute approximate surface area is 128 Å². The fraction of sp³-hybridized carbons (Fsp3) is 0.312. The molecule has 1 aromatic carbocycles. The molecule has 2 heterocycles. The second-order valence-corrected chi connectivity index (χ2v) is 5.35. The van der Waals surface area contributed by atoms with Gasteiger partial charge in [-0.1, -0.05) is 0 Å². The quantitative estimate of drug-likeness (QED) is 0.941. The number of nitrogens with zero attached hydrogens (tertiary/aromatic N) is 3. The third-order valence-corrected chi connectivity index (χ3v) is 3.82. The first-order chi connectivity index (χ1) is 10.6. The third-order valence-electron chi connectivity index (χ3n) is 3.82. The van der Waals surface area contributed by atoms with Crippen LogP contribution in [0.3, 0.4) is 0 Å². The molecule has 1 aliphatic rings. The van der Waals surface area contributed by atoms with Crippen molar-refractivity contribution in [2.75, 3.05) is 16.8 Å². The highest BCUT2D eigenvalue weighted by atomic mass is 16.2. The maximum atomic E-state index is 12.2. The van der Waals surface area contributed by atoms with Gasteiger partial charge >= 0.3 is 0 Å². The monoisotopic (exact) mass is 298 g/mol. The van der Waals surface area contributed by atoms with Gasteiger partial charge in [-0.05, 0) is 43.7 Å². The second kappa shape index (κ2) is 6.01. The van der Waals surface area contributed by atoms with Gasteiger partial charge < -0.3 is 10.2 Å². The summed E-state index contributed by atoms with van der Waals surface area (Å²) in [6.45, 7) is 2.56. The van der Waals surface area contributed by atoms with Gasteiger partial charge in [-0.3, -0.25) is 14.3 Å². The molecule has 1 N–H and O–H groups in total. The van der Waals surface area contributed by atoms with Crippen LogP contribution in [0.15, 0.2) is 42.7 Å². The maximum absolute atomic E-state index is 12.2. The molecule has 0 radical (unpaired) electrons. The average Bonchev–Trinajstić information content (AvgIpc) is 3.19. The number of rotatable bonds is 4. The lowest BCUT2D eigenvalue weighted by molar-refractivity contribution is -0.119. The van der Waals surface area contributed by atoms with Crippen LogP contribution in [0.25, 0.3) is 0 Å². The third kappa shape index (κ3) is 2.86. The first kappa shape index (κ1) is 14.3. The Morgan fingerprint density at radius 2 is 2.09 bits per heavy atom. The molecular formula is C16H18N4O2. The number of carbonyl (C=O) groups excluding carboxylic acids is 2. The number of carbonyl (C=O) groups is 2. The second-order valence-electron chi connectivity index (χ2n) is 5.35. The van der Waals surface area contributed by atoms with Crippen molar-refractivity contribution in [3.05, 3.63) is 42.7 Å². The summed E-state index contributed by atoms with van der Waals surface area (Å²) in [4.78, 5) is 25.6. The molecule has 1 unspecified atom stereocenters. The molecule has 0 bridgehead atoms. The zero-order chi connectivity index (χ0) is 15.5. The molecule has 2 amide bonds. The van der Waals surface area contributed by atoms with Crippen LogP contribution in [-0.2, 0) is 9.59 Å². The van der Waals surface area contributed by atoms with Crippen LogP contribution in [0.1, 0.15) is 25.8 Å². The lowest BCUT2D eigenvalue weighted by Gasteiger charge is -2.17. The summed E-state index contributed by atoms with van der Waals surface area (Å²) in [7, 11) is 0. The van der Waals surface area contributed by atoms with E-state index in [4.69, 9.17) is 0 Å². The van der Waals surface area contributed by atoms with Crippen LogP contribution >= 0.6 is 0 Å². The minimum atomic E-state index is -0.380. The highest BCUT2D eigenvalue weighted by Crippen LogP contribution is 2.23. The summed E-state index contributed by atoms with van der Waals surface area (Å²) in [6.07, 6.45) is 4.91. The van der Waals surface area contributed by atoms with Crippen molar-refractivity contribution in [1.82, 2.24) is 9.78 Å². The van der Waals surface area contributed by atoms with Crippen molar-refractivity contribution >= 4 is 23.2 Å². The lowest BCUT2D eigenvalue weighted by atomic mass is 10.2. The first-order valence-electron chi connectivity index (χ1n) is 7.35. The average molecular weight is 298 g/mol. The SMILES string of the molecule is CC(C(=O)Nc1ccc(N2CCCC2=O)cc1)n1cccn1. The Kier molecular flexibility index (Phi) is 3.91. The molecule has 1 aromatic heterocycles. The van der Waals surface area contributed by atoms with Gasteiger partial charge in [0.25, 0.3) is 0 Å². The van der Waals surface area contributed by atoms with Crippen molar-refractivity contribution in [2.24, 2.45) is 0 Å². The van der Waals surface area contributed by atoms with Gasteiger partial charge in [-0.25, -0.2) is 0 Å². The van der Waals surface area contributed by atoms with E-state index in [0.717, 1.165) is 18.7 Å². The van der Waals surface area contributed by atoms with Crippen LogP contribution in [0.5, 0.6) is 0 Å². The van der Waals surface area contributed by atoms with E-state index in [9.17, 15) is 9.59 Å². The molecule has 0 saturated carbocycles. The number of hydrogen-bond donors (Lipinski definition) is 1. The highest BCUT2D eigenvalue weighted by molar-refractivity contribution is 5.96. The molecule has 6 heteroatoms. The van der Waals surface area contributed by atoms with E-state index in [0.29, 0.717) is 12.1 Å². The molecule has 114 valence electrons. The molecule has 2 aromatic rings. The van der Waals surface area contributed by atoms with Gasteiger partial charge in [0.05, 0.1) is 0 Å². The number of benzene rings is 1. The zero-order valence-corrected chi connectivity index (χ0v) is 12.4. The van der Waals surface area contributed by atoms with Gasteiger partial charge in [-0.15, -0.1) is 0 Å². The predicted octanol–water partition coefficient (Wildman–Crippen LogP) is 2.21. The molecule has 1 atom stereocenters. The summed E-state index contributed by atoms with van der Waals surface area (Å²) >= 11 is 0. The van der Waals surface area contributed by atoms with Gasteiger partial charge in [0.2, 0.25) is 11.8 Å². The van der Waals surface area contributed by atoms with Crippen molar-refractivity contribution < 1.29 is 9.59 Å². The number of anilines is 2. The number of aromatic nitrogens is 2. The number of hydrogen-bond acceptors (Lipinski definition) is 3. The molecule has 6 nitrogen and oxygen atoms in total. The topological polar surface area (TPSA) is 67.2 Å². The molecular weight excluding hydrogens is 280 g/mol. The minimum Gasteiger partial charge on any atom is -0.324 e. The summed E-state index contributed by atoms with van der Waals surface area (Å²) in [6, 6.07) is 8.75. The van der Waals surface area contributed by atoms with Gasteiger partial charge in [-0.2, -0.15) is 5.10 Å². The summed E-state index contributed by atoms with van der Waals surface area (Å²) in [5.74, 6) is 0.0257. The van der Waals surface area contributed by atoms with Gasteiger partial charge in [0, 0.05) is 36.7 Å². The lowest BCUT2D eigenvalue weighted by Crippen LogP contribution is -2.24. The van der Waals surface area contributed by atoms with Crippen LogP contribution < -0.4 is 10.2 Å². The Bertz CT molecular complexity index is 664. The molecule has 22 heavy (non-hydrogen) atoms. The van der Waals surface area contributed by atoms with E-state index in [2.05, 4.69) is 10.4 Å². The summed E-state index contributed by atoms with van der Waals surface area (Å²) in [5.41, 5.74) is 1.58. The molecule has 1 aliphatic heterocycles. The van der Waals surface area contributed by atoms with Gasteiger partial charge in [0.1, 0.15) is 6.04 Å². The van der Waals surface area contributed by atoms with E-state index in [1.54, 1.807) is 35.0 Å². The molecule has 0 aliphatic carbocycles. The van der Waals surface area contributed by atoms with Crippen molar-refractivity contribution in [2.45, 2.75) is 25.8 Å². The van der Waals surface area contributed by atoms with Gasteiger partial charge in [0.15, 0.2) is 0 Å². The predicted molar refractivity (Wildman–Crippen MR) is 83.6 cm³/mol. The smallest absolute Gasteiger partial charge is 0.248 e. The van der Waals surface area contributed by atoms with E-state index in [1.165, 1.54) is 0 Å². The highest BCUT2D eigenvalue weighted by Gasteiger charge is 2.21. The number of nitrogens with one attached hydrogen (secondary N) is 1. The minimum absolute atomic E-state index is 0.131. The van der Waals surface area contributed by atoms with Crippen LogP contribution in [-0.4, -0.2) is 28.1 Å². The van der Waals surface area contributed by atoms with E-state index in [1.807, 2.05) is 24.3 Å². The Balaban J connectivity index is 1.66. The molecule has 3 rings (SSSR count). The normalized spacial score (nSPS) is 15.9.